The number of carbonyl (C=O) groups excluding carboxylic acids is 2. The van der Waals surface area contributed by atoms with Crippen molar-refractivity contribution in [2.75, 3.05) is 12.0 Å². The average Bonchev–Trinajstić information content (AvgIpc) is 3.42. The third-order valence-electron chi connectivity index (χ3n) is 7.00. The molecule has 1 aromatic heterocycles. The van der Waals surface area contributed by atoms with Crippen molar-refractivity contribution < 1.29 is 24.2 Å². The molecule has 5 rings (SSSR count). The molecule has 0 radical (unpaired) electrons. The maximum atomic E-state index is 13.5. The Morgan fingerprint density at radius 2 is 1.67 bits per heavy atom. The van der Waals surface area contributed by atoms with Crippen molar-refractivity contribution >= 4 is 34.4 Å². The first-order chi connectivity index (χ1) is 18.6. The fraction of sp³-hybridized carbons (Fsp3) is 0.258. The molecule has 2 heterocycles. The van der Waals surface area contributed by atoms with Crippen LogP contribution in [0.2, 0.25) is 0 Å². The number of ketones is 1. The van der Waals surface area contributed by atoms with Gasteiger partial charge in [0.05, 0.1) is 35.9 Å². The number of rotatable bonds is 6. The lowest BCUT2D eigenvalue weighted by molar-refractivity contribution is -0.132. The Balaban J connectivity index is 1.68. The molecule has 0 spiro atoms. The van der Waals surface area contributed by atoms with E-state index in [9.17, 15) is 14.7 Å². The quantitative estimate of drug-likeness (QED) is 0.184. The summed E-state index contributed by atoms with van der Waals surface area (Å²) in [6.45, 7) is 9.73. The number of fused-ring (bicyclic) bond motifs is 1. The van der Waals surface area contributed by atoms with Crippen LogP contribution in [0.5, 0.6) is 11.5 Å². The lowest BCUT2D eigenvalue weighted by atomic mass is 9.95. The van der Waals surface area contributed by atoms with E-state index < -0.39 is 17.7 Å². The summed E-state index contributed by atoms with van der Waals surface area (Å²) in [5.74, 6) is -0.293. The van der Waals surface area contributed by atoms with Gasteiger partial charge in [0, 0.05) is 5.56 Å². The summed E-state index contributed by atoms with van der Waals surface area (Å²) in [5, 5.41) is 11.5. The van der Waals surface area contributed by atoms with Crippen LogP contribution in [0.1, 0.15) is 47.7 Å². The number of aliphatic hydroxyl groups excluding tert-OH is 1. The van der Waals surface area contributed by atoms with Gasteiger partial charge in [-0.05, 0) is 99.3 Å². The van der Waals surface area contributed by atoms with Crippen molar-refractivity contribution in [2.24, 2.45) is 0 Å². The summed E-state index contributed by atoms with van der Waals surface area (Å²) in [6, 6.07) is 15.2. The summed E-state index contributed by atoms with van der Waals surface area (Å²) in [6.07, 6.45) is -0.0140. The molecule has 1 amide bonds. The lowest BCUT2D eigenvalue weighted by Gasteiger charge is -2.23. The highest BCUT2D eigenvalue weighted by Crippen LogP contribution is 2.42. The highest BCUT2D eigenvalue weighted by Gasteiger charge is 2.48. The molecule has 0 saturated carbocycles. The number of carbonyl (C=O) groups is 2. The predicted octanol–water partition coefficient (Wildman–Crippen LogP) is 5.91. The van der Waals surface area contributed by atoms with Crippen LogP contribution in [0.15, 0.2) is 60.2 Å². The van der Waals surface area contributed by atoms with Crippen molar-refractivity contribution in [3.05, 3.63) is 88.0 Å². The number of aromatic amines is 1. The smallest absolute Gasteiger partial charge is 0.302 e. The van der Waals surface area contributed by atoms with Crippen LogP contribution in [0.3, 0.4) is 0 Å². The third-order valence-corrected chi connectivity index (χ3v) is 7.00. The summed E-state index contributed by atoms with van der Waals surface area (Å²) in [5.41, 5.74) is 5.39. The van der Waals surface area contributed by atoms with Gasteiger partial charge in [-0.25, -0.2) is 4.98 Å². The maximum Gasteiger partial charge on any atom is 0.302 e. The van der Waals surface area contributed by atoms with Crippen LogP contribution in [0.25, 0.3) is 16.8 Å². The molecule has 1 fully saturated rings. The number of benzene rings is 3. The molecule has 1 unspecified atom stereocenters. The molecule has 1 saturated heterocycles. The van der Waals surface area contributed by atoms with E-state index in [1.54, 1.807) is 49.6 Å². The fourth-order valence-corrected chi connectivity index (χ4v) is 4.86. The number of nitrogens with one attached hydrogen (secondary N) is 1. The Morgan fingerprint density at radius 3 is 2.31 bits per heavy atom. The van der Waals surface area contributed by atoms with Crippen LogP contribution in [0, 0.1) is 20.8 Å². The largest absolute Gasteiger partial charge is 0.507 e. The van der Waals surface area contributed by atoms with E-state index in [0.29, 0.717) is 28.1 Å². The van der Waals surface area contributed by atoms with Gasteiger partial charge < -0.3 is 19.6 Å². The number of anilines is 1. The van der Waals surface area contributed by atoms with E-state index in [2.05, 4.69) is 9.97 Å². The molecule has 2 N–H and O–H groups in total. The minimum absolute atomic E-state index is 0.0140. The van der Waals surface area contributed by atoms with Gasteiger partial charge in [0.25, 0.3) is 5.78 Å². The van der Waals surface area contributed by atoms with Crippen molar-refractivity contribution in [3.63, 3.8) is 0 Å². The summed E-state index contributed by atoms with van der Waals surface area (Å²) < 4.78 is 11.1. The van der Waals surface area contributed by atoms with E-state index in [0.717, 1.165) is 22.2 Å². The first-order valence-electron chi connectivity index (χ1n) is 12.8. The third kappa shape index (κ3) is 4.63. The Morgan fingerprint density at radius 1 is 0.974 bits per heavy atom. The van der Waals surface area contributed by atoms with Crippen molar-refractivity contribution in [3.8, 4) is 11.5 Å². The molecule has 3 aromatic carbocycles. The van der Waals surface area contributed by atoms with Gasteiger partial charge in [-0.1, -0.05) is 12.1 Å². The number of hydrogen-bond donors (Lipinski definition) is 2. The molecule has 1 aliphatic heterocycles. The Bertz CT molecular complexity index is 1590. The van der Waals surface area contributed by atoms with Crippen LogP contribution in [0.4, 0.5) is 5.95 Å². The topological polar surface area (TPSA) is 105 Å². The van der Waals surface area contributed by atoms with Gasteiger partial charge in [-0.2, -0.15) is 0 Å². The summed E-state index contributed by atoms with van der Waals surface area (Å²) in [7, 11) is 1.56. The van der Waals surface area contributed by atoms with Gasteiger partial charge in [0.15, 0.2) is 0 Å². The van der Waals surface area contributed by atoms with Gasteiger partial charge >= 0.3 is 5.91 Å². The van der Waals surface area contributed by atoms with Gasteiger partial charge in [0.1, 0.15) is 17.3 Å². The second-order valence-electron chi connectivity index (χ2n) is 10.1. The molecule has 8 nitrogen and oxygen atoms in total. The molecule has 0 aliphatic carbocycles. The fourth-order valence-electron chi connectivity index (χ4n) is 4.86. The molecular formula is C31H31N3O5. The number of aryl methyl sites for hydroxylation is 3. The highest BCUT2D eigenvalue weighted by atomic mass is 16.5. The number of aromatic nitrogens is 2. The van der Waals surface area contributed by atoms with Gasteiger partial charge in [-0.15, -0.1) is 0 Å². The molecule has 200 valence electrons. The lowest BCUT2D eigenvalue weighted by Crippen LogP contribution is -2.30. The zero-order valence-electron chi connectivity index (χ0n) is 22.8. The SMILES string of the molecule is COc1ccc(C2/C(=C(\O)c3ccc(OC(C)C)c(C)c3)C(=O)C(=O)N2c2nc3cc(C)c(C)cc3[nH]2)cc1. The van der Waals surface area contributed by atoms with Gasteiger partial charge in [-0.3, -0.25) is 14.5 Å². The predicted molar refractivity (Wildman–Crippen MR) is 150 cm³/mol. The molecule has 39 heavy (non-hydrogen) atoms. The minimum atomic E-state index is -0.912. The monoisotopic (exact) mass is 525 g/mol. The summed E-state index contributed by atoms with van der Waals surface area (Å²) >= 11 is 0. The van der Waals surface area contributed by atoms with Gasteiger partial charge in [0.2, 0.25) is 5.95 Å². The molecule has 8 heteroatoms. The number of aliphatic hydroxyl groups is 1. The zero-order chi connectivity index (χ0) is 28.0. The second kappa shape index (κ2) is 9.94. The number of H-pyrrole nitrogens is 1. The Kier molecular flexibility index (Phi) is 6.64. The van der Waals surface area contributed by atoms with Crippen LogP contribution >= 0.6 is 0 Å². The standard InChI is InChI=1S/C31H31N3O5/c1-16(2)39-25-12-9-21(13-19(25)5)28(35)26-27(20-7-10-22(38-6)11-8-20)34(30(37)29(26)36)31-32-23-14-17(3)18(4)15-24(23)33-31/h7-16,27,35H,1-6H3,(H,32,33)/b28-26+. The minimum Gasteiger partial charge on any atom is -0.507 e. The van der Waals surface area contributed by atoms with E-state index in [1.807, 2.05) is 46.8 Å². The van der Waals surface area contributed by atoms with E-state index in [4.69, 9.17) is 9.47 Å². The van der Waals surface area contributed by atoms with Crippen molar-refractivity contribution in [1.29, 1.82) is 0 Å². The number of amides is 1. The Labute approximate surface area is 226 Å². The van der Waals surface area contributed by atoms with Crippen LogP contribution < -0.4 is 14.4 Å². The second-order valence-corrected chi connectivity index (χ2v) is 10.1. The molecule has 4 aromatic rings. The maximum absolute atomic E-state index is 13.5. The number of nitrogens with zero attached hydrogens (tertiary/aromatic N) is 2. The van der Waals surface area contributed by atoms with E-state index >= 15 is 0 Å². The van der Waals surface area contributed by atoms with E-state index in [1.165, 1.54) is 4.90 Å². The normalized spacial score (nSPS) is 16.9. The average molecular weight is 526 g/mol. The van der Waals surface area contributed by atoms with Crippen LogP contribution in [-0.4, -0.2) is 40.0 Å². The van der Waals surface area contributed by atoms with Crippen molar-refractivity contribution in [2.45, 2.75) is 46.8 Å². The molecule has 1 atom stereocenters. The first kappa shape index (κ1) is 26.0. The molecular weight excluding hydrogens is 494 g/mol. The Hall–Kier alpha value is -4.59. The number of hydrogen-bond acceptors (Lipinski definition) is 6. The number of ether oxygens (including phenoxy) is 2. The first-order valence-corrected chi connectivity index (χ1v) is 12.8. The number of Topliss-reactive ketones (excluding diaryl/α,β-unsaturated/α-hetero) is 1. The number of imidazole rings is 1. The summed E-state index contributed by atoms with van der Waals surface area (Å²) in [4.78, 5) is 36.3. The number of methoxy groups -OCH3 is 1. The molecule has 0 bridgehead atoms. The van der Waals surface area contributed by atoms with Crippen molar-refractivity contribution in [1.82, 2.24) is 9.97 Å². The van der Waals surface area contributed by atoms with Crippen LogP contribution in [-0.2, 0) is 9.59 Å². The zero-order valence-corrected chi connectivity index (χ0v) is 22.8. The molecule has 1 aliphatic rings. The van der Waals surface area contributed by atoms with E-state index in [-0.39, 0.29) is 23.4 Å². The highest BCUT2D eigenvalue weighted by molar-refractivity contribution is 6.51.